The summed E-state index contributed by atoms with van der Waals surface area (Å²) >= 11 is 0. The molecule has 2 aromatic carbocycles. The fourth-order valence-electron chi connectivity index (χ4n) is 4.67. The van der Waals surface area contributed by atoms with Gasteiger partial charge in [-0.15, -0.1) is 0 Å². The Labute approximate surface area is 259 Å². The lowest BCUT2D eigenvalue weighted by Gasteiger charge is -2.29. The van der Waals surface area contributed by atoms with E-state index in [-0.39, 0.29) is 0 Å². The number of unbranched alkanes of at least 4 members (excludes halogenated alkanes) is 6. The first kappa shape index (κ1) is 34.6. The number of benzene rings is 2. The number of carbonyl (C=O) groups is 3. The van der Waals surface area contributed by atoms with Crippen LogP contribution in [0.4, 0.5) is 0 Å². The van der Waals surface area contributed by atoms with Crippen LogP contribution in [0.3, 0.4) is 0 Å². The number of esters is 2. The molecule has 1 heterocycles. The Balaban J connectivity index is 1.36. The van der Waals surface area contributed by atoms with Gasteiger partial charge in [0.05, 0.1) is 45.7 Å². The molecule has 0 saturated carbocycles. The lowest BCUT2D eigenvalue weighted by Crippen LogP contribution is -2.27. The first-order valence-corrected chi connectivity index (χ1v) is 15.2. The summed E-state index contributed by atoms with van der Waals surface area (Å²) in [4.78, 5) is 34.0. The standard InChI is InChI=1S/C34H44O10/c1-3-32(36)41-21-11-7-6-10-20-40-30-18-17-29(22-31(30)38-2)44-33(37)27-13-15-28(16-14-27)34-42-23-26(24-43-34)12-8-4-5-9-19-39-25-35/h3,13-18,22,25-26,34H,1,4-12,19-21,23-24H2,2H3. The molecule has 0 N–H and O–H groups in total. The zero-order valence-electron chi connectivity index (χ0n) is 25.5. The second kappa shape index (κ2) is 20.1. The predicted molar refractivity (Wildman–Crippen MR) is 163 cm³/mol. The molecule has 1 saturated heterocycles. The highest BCUT2D eigenvalue weighted by Gasteiger charge is 2.23. The molecule has 1 aliphatic heterocycles. The molecule has 0 radical (unpaired) electrons. The fourth-order valence-corrected chi connectivity index (χ4v) is 4.67. The number of hydrogen-bond donors (Lipinski definition) is 0. The molecule has 44 heavy (non-hydrogen) atoms. The molecule has 1 fully saturated rings. The van der Waals surface area contributed by atoms with E-state index in [2.05, 4.69) is 6.58 Å². The topological polar surface area (TPSA) is 116 Å². The van der Waals surface area contributed by atoms with Gasteiger partial charge in [-0.05, 0) is 62.8 Å². The van der Waals surface area contributed by atoms with Crippen molar-refractivity contribution < 1.29 is 47.5 Å². The summed E-state index contributed by atoms with van der Waals surface area (Å²) in [5.74, 6) is 0.836. The van der Waals surface area contributed by atoms with Crippen LogP contribution >= 0.6 is 0 Å². The minimum absolute atomic E-state index is 0.344. The van der Waals surface area contributed by atoms with Crippen LogP contribution in [-0.2, 0) is 28.5 Å². The highest BCUT2D eigenvalue weighted by molar-refractivity contribution is 5.91. The van der Waals surface area contributed by atoms with Crippen LogP contribution in [-0.4, -0.2) is 58.6 Å². The van der Waals surface area contributed by atoms with E-state index < -0.39 is 18.2 Å². The number of methoxy groups -OCH3 is 1. The van der Waals surface area contributed by atoms with E-state index in [9.17, 15) is 14.4 Å². The van der Waals surface area contributed by atoms with Gasteiger partial charge in [0.2, 0.25) is 0 Å². The van der Waals surface area contributed by atoms with E-state index in [1.165, 1.54) is 7.11 Å². The Bertz CT molecular complexity index is 1160. The van der Waals surface area contributed by atoms with E-state index in [1.807, 2.05) is 12.1 Å². The van der Waals surface area contributed by atoms with Crippen molar-refractivity contribution in [3.63, 3.8) is 0 Å². The second-order valence-electron chi connectivity index (χ2n) is 10.5. The molecule has 0 aliphatic carbocycles. The van der Waals surface area contributed by atoms with Gasteiger partial charge >= 0.3 is 11.9 Å². The van der Waals surface area contributed by atoms with Gasteiger partial charge in [0, 0.05) is 23.6 Å². The first-order valence-electron chi connectivity index (χ1n) is 15.2. The minimum Gasteiger partial charge on any atom is -0.493 e. The van der Waals surface area contributed by atoms with Crippen LogP contribution < -0.4 is 14.2 Å². The molecule has 0 unspecified atom stereocenters. The van der Waals surface area contributed by atoms with Crippen LogP contribution in [0.5, 0.6) is 17.2 Å². The number of carbonyl (C=O) groups excluding carboxylic acids is 3. The highest BCUT2D eigenvalue weighted by Crippen LogP contribution is 2.32. The maximum atomic E-state index is 12.8. The number of ether oxygens (including phenoxy) is 7. The van der Waals surface area contributed by atoms with Crippen molar-refractivity contribution in [2.24, 2.45) is 5.92 Å². The van der Waals surface area contributed by atoms with Crippen molar-refractivity contribution in [1.29, 1.82) is 0 Å². The van der Waals surface area contributed by atoms with Crippen molar-refractivity contribution in [3.05, 3.63) is 66.2 Å². The van der Waals surface area contributed by atoms with E-state index >= 15 is 0 Å². The third kappa shape index (κ3) is 12.4. The summed E-state index contributed by atoms with van der Waals surface area (Å²) in [6.45, 7) is 6.48. The molecule has 1 aliphatic rings. The average Bonchev–Trinajstić information content (AvgIpc) is 3.06. The monoisotopic (exact) mass is 612 g/mol. The van der Waals surface area contributed by atoms with Crippen LogP contribution in [0.25, 0.3) is 0 Å². The van der Waals surface area contributed by atoms with Gasteiger partial charge in [0.25, 0.3) is 6.47 Å². The van der Waals surface area contributed by atoms with Gasteiger partial charge in [-0.1, -0.05) is 38.0 Å². The summed E-state index contributed by atoms with van der Waals surface area (Å²) in [7, 11) is 1.53. The molecule has 2 aromatic rings. The maximum Gasteiger partial charge on any atom is 0.343 e. The zero-order chi connectivity index (χ0) is 31.4. The molecule has 10 heteroatoms. The van der Waals surface area contributed by atoms with E-state index in [0.29, 0.717) is 68.2 Å². The van der Waals surface area contributed by atoms with E-state index in [4.69, 9.17) is 33.2 Å². The van der Waals surface area contributed by atoms with Crippen LogP contribution in [0.15, 0.2) is 55.1 Å². The number of hydrogen-bond acceptors (Lipinski definition) is 10. The van der Waals surface area contributed by atoms with Crippen LogP contribution in [0.1, 0.15) is 80.0 Å². The van der Waals surface area contributed by atoms with Gasteiger partial charge in [0.1, 0.15) is 5.75 Å². The predicted octanol–water partition coefficient (Wildman–Crippen LogP) is 6.37. The Morgan fingerprint density at radius 3 is 2.23 bits per heavy atom. The molecule has 0 aromatic heterocycles. The fraction of sp³-hybridized carbons (Fsp3) is 0.500. The normalized spacial score (nSPS) is 16.0. The van der Waals surface area contributed by atoms with Crippen molar-refractivity contribution in [1.82, 2.24) is 0 Å². The van der Waals surface area contributed by atoms with Crippen molar-refractivity contribution in [2.45, 2.75) is 64.1 Å². The Kier molecular flexibility index (Phi) is 15.8. The largest absolute Gasteiger partial charge is 0.493 e. The third-order valence-corrected chi connectivity index (χ3v) is 7.13. The molecule has 240 valence electrons. The van der Waals surface area contributed by atoms with Gasteiger partial charge in [-0.3, -0.25) is 4.79 Å². The summed E-state index contributed by atoms with van der Waals surface area (Å²) < 4.78 is 38.4. The average molecular weight is 613 g/mol. The molecule has 0 bridgehead atoms. The molecule has 0 spiro atoms. The van der Waals surface area contributed by atoms with Gasteiger partial charge in [0.15, 0.2) is 17.8 Å². The van der Waals surface area contributed by atoms with Crippen LogP contribution in [0, 0.1) is 5.92 Å². The van der Waals surface area contributed by atoms with Gasteiger partial charge < -0.3 is 33.2 Å². The van der Waals surface area contributed by atoms with E-state index in [0.717, 1.165) is 69.4 Å². The molecule has 3 rings (SSSR count). The lowest BCUT2D eigenvalue weighted by atomic mass is 10.0. The van der Waals surface area contributed by atoms with E-state index in [1.54, 1.807) is 30.3 Å². The molecular formula is C34H44O10. The Hall–Kier alpha value is -3.89. The zero-order valence-corrected chi connectivity index (χ0v) is 25.5. The number of rotatable bonds is 21. The molecule has 0 amide bonds. The summed E-state index contributed by atoms with van der Waals surface area (Å²) in [6.07, 6.45) is 9.31. The molecule has 10 nitrogen and oxygen atoms in total. The summed E-state index contributed by atoms with van der Waals surface area (Å²) in [5.41, 5.74) is 1.24. The first-order chi connectivity index (χ1) is 21.5. The quantitative estimate of drug-likeness (QED) is 0.0518. The smallest absolute Gasteiger partial charge is 0.343 e. The second-order valence-corrected chi connectivity index (χ2v) is 10.5. The third-order valence-electron chi connectivity index (χ3n) is 7.13. The Morgan fingerprint density at radius 1 is 0.864 bits per heavy atom. The molecule has 0 atom stereocenters. The minimum atomic E-state index is -0.491. The Morgan fingerprint density at radius 2 is 1.55 bits per heavy atom. The summed E-state index contributed by atoms with van der Waals surface area (Å²) in [6, 6.07) is 12.0. The van der Waals surface area contributed by atoms with Crippen molar-refractivity contribution in [3.8, 4) is 17.2 Å². The van der Waals surface area contributed by atoms with Crippen molar-refractivity contribution in [2.75, 3.05) is 40.1 Å². The van der Waals surface area contributed by atoms with Crippen LogP contribution in [0.2, 0.25) is 0 Å². The lowest BCUT2D eigenvalue weighted by molar-refractivity contribution is -0.206. The SMILES string of the molecule is C=CC(=O)OCCCCCCOc1ccc(OC(=O)c2ccc(C3OCC(CCCCCCOC=O)CO3)cc2)cc1OC. The maximum absolute atomic E-state index is 12.8. The molecular weight excluding hydrogens is 568 g/mol. The van der Waals surface area contributed by atoms with Gasteiger partial charge in [-0.25, -0.2) is 9.59 Å². The summed E-state index contributed by atoms with van der Waals surface area (Å²) in [5, 5.41) is 0. The van der Waals surface area contributed by atoms with Gasteiger partial charge in [-0.2, -0.15) is 0 Å². The highest BCUT2D eigenvalue weighted by atomic mass is 16.7. The van der Waals surface area contributed by atoms with Crippen molar-refractivity contribution >= 4 is 18.4 Å².